The maximum Gasteiger partial charge on any atom is 0.335 e. The molecule has 0 spiro atoms. The Hall–Kier alpha value is -1.71. The van der Waals surface area contributed by atoms with Crippen molar-refractivity contribution >= 4 is 17.3 Å². The van der Waals surface area contributed by atoms with E-state index in [1.807, 2.05) is 6.07 Å². The summed E-state index contributed by atoms with van der Waals surface area (Å²) < 4.78 is 0. The van der Waals surface area contributed by atoms with Crippen LogP contribution >= 0.6 is 0 Å². The van der Waals surface area contributed by atoms with Gasteiger partial charge in [0.2, 0.25) is 0 Å². The predicted octanol–water partition coefficient (Wildman–Crippen LogP) is 3.37. The second kappa shape index (κ2) is 7.67. The highest BCUT2D eigenvalue weighted by molar-refractivity contribution is 5.90. The fourth-order valence-electron chi connectivity index (χ4n) is 2.15. The maximum absolute atomic E-state index is 10.9. The Morgan fingerprint density at radius 3 is 2.53 bits per heavy atom. The van der Waals surface area contributed by atoms with Crippen LogP contribution in [-0.2, 0) is 0 Å². The molecule has 1 aromatic carbocycles. The van der Waals surface area contributed by atoms with Gasteiger partial charge in [-0.05, 0) is 31.5 Å². The number of unbranched alkanes of at least 4 members (excludes halogenated alkanes) is 3. The van der Waals surface area contributed by atoms with Gasteiger partial charge in [0.05, 0.1) is 16.9 Å². The number of carbonyl (C=O) groups is 1. The van der Waals surface area contributed by atoms with Crippen LogP contribution in [0.2, 0.25) is 0 Å². The van der Waals surface area contributed by atoms with Gasteiger partial charge in [-0.25, -0.2) is 4.79 Å². The molecule has 0 atom stereocenters. The Labute approximate surface area is 115 Å². The number of hydrogen-bond acceptors (Lipinski definition) is 3. The van der Waals surface area contributed by atoms with E-state index in [1.165, 1.54) is 25.3 Å². The zero-order chi connectivity index (χ0) is 14.3. The zero-order valence-corrected chi connectivity index (χ0v) is 11.9. The topological polar surface area (TPSA) is 66.6 Å². The summed E-state index contributed by atoms with van der Waals surface area (Å²) in [5.41, 5.74) is 7.67. The molecule has 0 fully saturated rings. The van der Waals surface area contributed by atoms with Gasteiger partial charge in [0.15, 0.2) is 0 Å². The molecule has 3 N–H and O–H groups in total. The lowest BCUT2D eigenvalue weighted by atomic mass is 10.1. The molecular weight excluding hydrogens is 240 g/mol. The van der Waals surface area contributed by atoms with Gasteiger partial charge in [-0.3, -0.25) is 0 Å². The van der Waals surface area contributed by atoms with Crippen molar-refractivity contribution in [3.05, 3.63) is 23.8 Å². The number of carboxylic acids is 1. The molecule has 0 bridgehead atoms. The lowest BCUT2D eigenvalue weighted by Gasteiger charge is -2.24. The molecule has 0 radical (unpaired) electrons. The van der Waals surface area contributed by atoms with Gasteiger partial charge in [-0.15, -0.1) is 0 Å². The molecule has 1 rings (SSSR count). The third-order valence-corrected chi connectivity index (χ3v) is 3.28. The lowest BCUT2D eigenvalue weighted by Crippen LogP contribution is -2.25. The number of nitrogen functional groups attached to an aromatic ring is 1. The van der Waals surface area contributed by atoms with Crippen molar-refractivity contribution in [1.29, 1.82) is 0 Å². The summed E-state index contributed by atoms with van der Waals surface area (Å²) in [5, 5.41) is 8.93. The highest BCUT2D eigenvalue weighted by Crippen LogP contribution is 2.24. The third-order valence-electron chi connectivity index (χ3n) is 3.28. The standard InChI is InChI=1S/C15H24N2O2/c1-3-5-6-7-10-17(4-2)14-9-8-12(15(18)19)11-13(14)16/h8-9,11H,3-7,10,16H2,1-2H3,(H,18,19). The van der Waals surface area contributed by atoms with E-state index >= 15 is 0 Å². The van der Waals surface area contributed by atoms with Crippen LogP contribution < -0.4 is 10.6 Å². The van der Waals surface area contributed by atoms with E-state index in [0.29, 0.717) is 5.69 Å². The quantitative estimate of drug-likeness (QED) is 0.558. The van der Waals surface area contributed by atoms with Crippen LogP contribution in [0.25, 0.3) is 0 Å². The first-order valence-corrected chi connectivity index (χ1v) is 6.97. The van der Waals surface area contributed by atoms with Gasteiger partial charge in [0, 0.05) is 13.1 Å². The van der Waals surface area contributed by atoms with Gasteiger partial charge >= 0.3 is 5.97 Å². The van der Waals surface area contributed by atoms with Crippen LogP contribution in [0.15, 0.2) is 18.2 Å². The molecule has 0 amide bonds. The smallest absolute Gasteiger partial charge is 0.335 e. The molecule has 0 heterocycles. The average Bonchev–Trinajstić information content (AvgIpc) is 2.39. The van der Waals surface area contributed by atoms with Gasteiger partial charge < -0.3 is 15.7 Å². The number of nitrogens with two attached hydrogens (primary N) is 1. The summed E-state index contributed by atoms with van der Waals surface area (Å²) in [6.45, 7) is 6.13. The van der Waals surface area contributed by atoms with Crippen LogP contribution in [0.1, 0.15) is 49.9 Å². The first kappa shape index (κ1) is 15.3. The third kappa shape index (κ3) is 4.47. The molecule has 19 heavy (non-hydrogen) atoms. The predicted molar refractivity (Wildman–Crippen MR) is 79.8 cm³/mol. The maximum atomic E-state index is 10.9. The number of nitrogens with zero attached hydrogens (tertiary/aromatic N) is 1. The first-order chi connectivity index (χ1) is 9.10. The molecule has 1 aromatic rings. The summed E-state index contributed by atoms with van der Waals surface area (Å²) in [6, 6.07) is 4.96. The highest BCUT2D eigenvalue weighted by Gasteiger charge is 2.10. The van der Waals surface area contributed by atoms with Gasteiger partial charge in [0.1, 0.15) is 0 Å². The number of benzene rings is 1. The van der Waals surface area contributed by atoms with Crippen LogP contribution in [0, 0.1) is 0 Å². The highest BCUT2D eigenvalue weighted by atomic mass is 16.4. The zero-order valence-electron chi connectivity index (χ0n) is 11.9. The van der Waals surface area contributed by atoms with Crippen LogP contribution in [0.4, 0.5) is 11.4 Å². The Morgan fingerprint density at radius 2 is 2.00 bits per heavy atom. The fourth-order valence-corrected chi connectivity index (χ4v) is 2.15. The minimum Gasteiger partial charge on any atom is -0.478 e. The summed E-state index contributed by atoms with van der Waals surface area (Å²) in [5.74, 6) is -0.941. The molecule has 0 aliphatic heterocycles. The minimum atomic E-state index is -0.941. The molecule has 0 unspecified atom stereocenters. The number of rotatable bonds is 8. The van der Waals surface area contributed by atoms with Gasteiger partial charge in [-0.1, -0.05) is 26.2 Å². The normalized spacial score (nSPS) is 10.4. The second-order valence-electron chi connectivity index (χ2n) is 4.72. The molecule has 4 heteroatoms. The van der Waals surface area contributed by atoms with Gasteiger partial charge in [-0.2, -0.15) is 0 Å². The number of hydrogen-bond donors (Lipinski definition) is 2. The fraction of sp³-hybridized carbons (Fsp3) is 0.533. The van der Waals surface area contributed by atoms with Gasteiger partial charge in [0.25, 0.3) is 0 Å². The molecular formula is C15H24N2O2. The molecule has 106 valence electrons. The Balaban J connectivity index is 2.72. The molecule has 0 saturated heterocycles. The summed E-state index contributed by atoms with van der Waals surface area (Å²) in [7, 11) is 0. The molecule has 4 nitrogen and oxygen atoms in total. The number of anilines is 2. The molecule has 0 aromatic heterocycles. The Bertz CT molecular complexity index is 419. The number of aromatic carboxylic acids is 1. The monoisotopic (exact) mass is 264 g/mol. The van der Waals surface area contributed by atoms with Crippen molar-refractivity contribution in [2.24, 2.45) is 0 Å². The average molecular weight is 264 g/mol. The first-order valence-electron chi connectivity index (χ1n) is 6.97. The van der Waals surface area contributed by atoms with E-state index in [1.54, 1.807) is 6.07 Å². The van der Waals surface area contributed by atoms with Crippen LogP contribution in [0.3, 0.4) is 0 Å². The van der Waals surface area contributed by atoms with Crippen molar-refractivity contribution < 1.29 is 9.90 Å². The lowest BCUT2D eigenvalue weighted by molar-refractivity contribution is 0.0697. The van der Waals surface area contributed by atoms with Crippen molar-refractivity contribution in [1.82, 2.24) is 0 Å². The molecule has 0 saturated carbocycles. The van der Waals surface area contributed by atoms with Crippen molar-refractivity contribution in [2.75, 3.05) is 23.7 Å². The molecule has 0 aliphatic rings. The van der Waals surface area contributed by atoms with Crippen LogP contribution in [-0.4, -0.2) is 24.2 Å². The Morgan fingerprint density at radius 1 is 1.26 bits per heavy atom. The van der Waals surface area contributed by atoms with E-state index in [2.05, 4.69) is 18.7 Å². The summed E-state index contributed by atoms with van der Waals surface area (Å²) in [4.78, 5) is 13.1. The van der Waals surface area contributed by atoms with Crippen LogP contribution in [0.5, 0.6) is 0 Å². The van der Waals surface area contributed by atoms with Crippen molar-refractivity contribution in [3.8, 4) is 0 Å². The Kier molecular flexibility index (Phi) is 6.19. The van der Waals surface area contributed by atoms with E-state index in [9.17, 15) is 4.79 Å². The second-order valence-corrected chi connectivity index (χ2v) is 4.72. The SMILES string of the molecule is CCCCCCN(CC)c1ccc(C(=O)O)cc1N. The summed E-state index contributed by atoms with van der Waals surface area (Å²) >= 11 is 0. The van der Waals surface area contributed by atoms with Crippen molar-refractivity contribution in [2.45, 2.75) is 39.5 Å². The molecule has 0 aliphatic carbocycles. The minimum absolute atomic E-state index is 0.239. The van der Waals surface area contributed by atoms with E-state index in [-0.39, 0.29) is 5.56 Å². The van der Waals surface area contributed by atoms with E-state index < -0.39 is 5.97 Å². The summed E-state index contributed by atoms with van der Waals surface area (Å²) in [6.07, 6.45) is 4.84. The number of carboxylic acid groups (broad SMARTS) is 1. The largest absolute Gasteiger partial charge is 0.478 e. The van der Waals surface area contributed by atoms with E-state index in [4.69, 9.17) is 10.8 Å². The van der Waals surface area contributed by atoms with E-state index in [0.717, 1.165) is 25.2 Å². The van der Waals surface area contributed by atoms with Crippen molar-refractivity contribution in [3.63, 3.8) is 0 Å².